The Morgan fingerprint density at radius 2 is 1.72 bits per heavy atom. The quantitative estimate of drug-likeness (QED) is 0.721. The second kappa shape index (κ2) is 8.39. The number of nitrogens with one attached hydrogen (secondary N) is 1. The first kappa shape index (κ1) is 21.0. The normalized spacial score (nSPS) is 14.6. The van der Waals surface area contributed by atoms with Gasteiger partial charge in [0, 0.05) is 6.54 Å². The van der Waals surface area contributed by atoms with Gasteiger partial charge in [0.25, 0.3) is 0 Å². The minimum atomic E-state index is -4.44. The molecule has 1 rings (SSSR count). The lowest BCUT2D eigenvalue weighted by atomic mass is 10.0. The molecular formula is C16H22F3NO5. The van der Waals surface area contributed by atoms with Crippen LogP contribution in [-0.2, 0) is 4.74 Å². The van der Waals surface area contributed by atoms with Gasteiger partial charge in [0.15, 0.2) is 6.61 Å². The molecule has 2 atom stereocenters. The van der Waals surface area contributed by atoms with Gasteiger partial charge in [-0.05, 0) is 38.5 Å². The number of halogens is 3. The summed E-state index contributed by atoms with van der Waals surface area (Å²) in [5.74, 6) is -0.0188. The molecule has 0 saturated carbocycles. The molecule has 0 heterocycles. The average molecular weight is 365 g/mol. The molecule has 2 unspecified atom stereocenters. The van der Waals surface area contributed by atoms with Gasteiger partial charge in [-0.2, -0.15) is 13.2 Å². The number of hydrogen-bond acceptors (Lipinski definition) is 5. The summed E-state index contributed by atoms with van der Waals surface area (Å²) in [6.07, 6.45) is -7.85. The second-order valence-electron chi connectivity index (χ2n) is 6.37. The number of hydrogen-bond donors (Lipinski definition) is 3. The summed E-state index contributed by atoms with van der Waals surface area (Å²) in [6, 6.07) is 5.15. The monoisotopic (exact) mass is 365 g/mol. The van der Waals surface area contributed by atoms with Crippen molar-refractivity contribution in [2.24, 2.45) is 0 Å². The third kappa shape index (κ3) is 8.59. The van der Waals surface area contributed by atoms with Crippen molar-refractivity contribution in [1.29, 1.82) is 0 Å². The van der Waals surface area contributed by atoms with Crippen molar-refractivity contribution in [2.75, 3.05) is 13.2 Å². The Labute approximate surface area is 143 Å². The summed E-state index contributed by atoms with van der Waals surface area (Å²) >= 11 is 0. The number of aliphatic hydroxyl groups excluding tert-OH is 2. The molecule has 0 spiro atoms. The van der Waals surface area contributed by atoms with Gasteiger partial charge < -0.3 is 25.0 Å². The van der Waals surface area contributed by atoms with Crippen LogP contribution in [0.2, 0.25) is 0 Å². The largest absolute Gasteiger partial charge is 0.484 e. The van der Waals surface area contributed by atoms with Gasteiger partial charge in [-0.15, -0.1) is 0 Å². The van der Waals surface area contributed by atoms with Crippen molar-refractivity contribution in [3.05, 3.63) is 29.8 Å². The molecule has 0 saturated heterocycles. The second-order valence-corrected chi connectivity index (χ2v) is 6.37. The average Bonchev–Trinajstić information content (AvgIpc) is 2.48. The number of carbonyl (C=O) groups is 1. The molecule has 0 aliphatic heterocycles. The maximum atomic E-state index is 12.1. The Kier molecular flexibility index (Phi) is 7.06. The molecule has 1 aromatic rings. The standard InChI is InChI=1S/C16H22F3NO5/c1-15(2,3)25-14(23)20-8-12(21)13(22)10-4-6-11(7-5-10)24-9-16(17,18)19/h4-7,12-13,21-22H,8-9H2,1-3H3,(H,20,23). The smallest absolute Gasteiger partial charge is 0.422 e. The Morgan fingerprint density at radius 3 is 2.20 bits per heavy atom. The summed E-state index contributed by atoms with van der Waals surface area (Å²) < 4.78 is 45.7. The van der Waals surface area contributed by atoms with Crippen molar-refractivity contribution in [3.8, 4) is 5.75 Å². The van der Waals surface area contributed by atoms with E-state index in [9.17, 15) is 28.2 Å². The molecule has 3 N–H and O–H groups in total. The number of carbonyl (C=O) groups excluding carboxylic acids is 1. The lowest BCUT2D eigenvalue weighted by molar-refractivity contribution is -0.153. The SMILES string of the molecule is CC(C)(C)OC(=O)NCC(O)C(O)c1ccc(OCC(F)(F)F)cc1. The summed E-state index contributed by atoms with van der Waals surface area (Å²) in [7, 11) is 0. The van der Waals surface area contributed by atoms with Crippen LogP contribution >= 0.6 is 0 Å². The van der Waals surface area contributed by atoms with Crippen molar-refractivity contribution >= 4 is 6.09 Å². The Bertz CT molecular complexity index is 554. The predicted molar refractivity (Wildman–Crippen MR) is 83.2 cm³/mol. The fourth-order valence-corrected chi connectivity index (χ4v) is 1.76. The summed E-state index contributed by atoms with van der Waals surface area (Å²) in [5, 5.41) is 22.2. The first-order chi connectivity index (χ1) is 11.4. The van der Waals surface area contributed by atoms with E-state index >= 15 is 0 Å². The third-order valence-electron chi connectivity index (χ3n) is 2.84. The zero-order valence-corrected chi connectivity index (χ0v) is 14.1. The van der Waals surface area contributed by atoms with Crippen LogP contribution in [-0.4, -0.2) is 47.3 Å². The van der Waals surface area contributed by atoms with Crippen LogP contribution in [0.1, 0.15) is 32.4 Å². The molecule has 0 aromatic heterocycles. The van der Waals surface area contributed by atoms with Crippen LogP contribution in [0.15, 0.2) is 24.3 Å². The van der Waals surface area contributed by atoms with Gasteiger partial charge in [0.05, 0.1) is 0 Å². The van der Waals surface area contributed by atoms with Crippen LogP contribution in [0, 0.1) is 0 Å². The van der Waals surface area contributed by atoms with Gasteiger partial charge >= 0.3 is 12.3 Å². The summed E-state index contributed by atoms with van der Waals surface area (Å²) in [6.45, 7) is 3.36. The molecule has 0 aliphatic rings. The molecule has 1 aromatic carbocycles. The number of ether oxygens (including phenoxy) is 2. The fraction of sp³-hybridized carbons (Fsp3) is 0.562. The van der Waals surface area contributed by atoms with E-state index in [0.29, 0.717) is 0 Å². The predicted octanol–water partition coefficient (Wildman–Crippen LogP) is 2.55. The lowest BCUT2D eigenvalue weighted by Gasteiger charge is -2.22. The van der Waals surface area contributed by atoms with E-state index in [-0.39, 0.29) is 17.9 Å². The number of alkyl carbamates (subject to hydrolysis) is 1. The topological polar surface area (TPSA) is 88.0 Å². The molecule has 25 heavy (non-hydrogen) atoms. The first-order valence-corrected chi connectivity index (χ1v) is 7.50. The van der Waals surface area contributed by atoms with E-state index in [0.717, 1.165) is 0 Å². The van der Waals surface area contributed by atoms with Crippen molar-refractivity contribution in [3.63, 3.8) is 0 Å². The van der Waals surface area contributed by atoms with Crippen LogP contribution in [0.4, 0.5) is 18.0 Å². The van der Waals surface area contributed by atoms with E-state index in [2.05, 4.69) is 10.1 Å². The molecule has 9 heteroatoms. The van der Waals surface area contributed by atoms with Crippen LogP contribution in [0.5, 0.6) is 5.75 Å². The Balaban J connectivity index is 2.52. The van der Waals surface area contributed by atoms with Gasteiger partial charge in [0.2, 0.25) is 0 Å². The minimum absolute atomic E-state index is 0.0188. The number of benzene rings is 1. The molecule has 0 fully saturated rings. The van der Waals surface area contributed by atoms with E-state index in [4.69, 9.17) is 4.74 Å². The molecule has 0 radical (unpaired) electrons. The number of rotatable bonds is 6. The molecule has 6 nitrogen and oxygen atoms in total. The van der Waals surface area contributed by atoms with Crippen LogP contribution < -0.4 is 10.1 Å². The molecular weight excluding hydrogens is 343 g/mol. The highest BCUT2D eigenvalue weighted by Crippen LogP contribution is 2.22. The van der Waals surface area contributed by atoms with Gasteiger partial charge in [-0.3, -0.25) is 0 Å². The highest BCUT2D eigenvalue weighted by atomic mass is 19.4. The highest BCUT2D eigenvalue weighted by molar-refractivity contribution is 5.67. The number of amides is 1. The minimum Gasteiger partial charge on any atom is -0.484 e. The summed E-state index contributed by atoms with van der Waals surface area (Å²) in [5.41, 5.74) is -0.433. The molecule has 0 aliphatic carbocycles. The van der Waals surface area contributed by atoms with Crippen molar-refractivity contribution < 1.29 is 37.7 Å². The molecule has 1 amide bonds. The maximum absolute atomic E-state index is 12.1. The van der Waals surface area contributed by atoms with E-state index in [1.807, 2.05) is 0 Å². The number of aliphatic hydroxyl groups is 2. The third-order valence-corrected chi connectivity index (χ3v) is 2.84. The Morgan fingerprint density at radius 1 is 1.16 bits per heavy atom. The van der Waals surface area contributed by atoms with E-state index in [1.165, 1.54) is 24.3 Å². The van der Waals surface area contributed by atoms with E-state index < -0.39 is 36.7 Å². The highest BCUT2D eigenvalue weighted by Gasteiger charge is 2.28. The lowest BCUT2D eigenvalue weighted by Crippen LogP contribution is -2.38. The zero-order valence-electron chi connectivity index (χ0n) is 14.1. The van der Waals surface area contributed by atoms with Crippen LogP contribution in [0.3, 0.4) is 0 Å². The van der Waals surface area contributed by atoms with E-state index in [1.54, 1.807) is 20.8 Å². The molecule has 0 bridgehead atoms. The fourth-order valence-electron chi connectivity index (χ4n) is 1.76. The first-order valence-electron chi connectivity index (χ1n) is 7.50. The zero-order chi connectivity index (χ0) is 19.3. The van der Waals surface area contributed by atoms with Gasteiger partial charge in [0.1, 0.15) is 23.6 Å². The van der Waals surface area contributed by atoms with Gasteiger partial charge in [-0.25, -0.2) is 4.79 Å². The molecule has 142 valence electrons. The van der Waals surface area contributed by atoms with Crippen LogP contribution in [0.25, 0.3) is 0 Å². The number of alkyl halides is 3. The van der Waals surface area contributed by atoms with Crippen molar-refractivity contribution in [1.82, 2.24) is 5.32 Å². The Hall–Kier alpha value is -2.00. The van der Waals surface area contributed by atoms with Gasteiger partial charge in [-0.1, -0.05) is 12.1 Å². The van der Waals surface area contributed by atoms with Crippen molar-refractivity contribution in [2.45, 2.75) is 44.8 Å². The summed E-state index contributed by atoms with van der Waals surface area (Å²) in [4.78, 5) is 11.5. The maximum Gasteiger partial charge on any atom is 0.422 e.